The van der Waals surface area contributed by atoms with Gasteiger partial charge in [0.1, 0.15) is 11.6 Å². The van der Waals surface area contributed by atoms with Gasteiger partial charge in [0.05, 0.1) is 12.1 Å². The number of rotatable bonds is 5. The molecule has 0 saturated heterocycles. The Morgan fingerprint density at radius 3 is 2.95 bits per heavy atom. The first-order valence-electron chi connectivity index (χ1n) is 7.11. The van der Waals surface area contributed by atoms with E-state index in [1.165, 1.54) is 0 Å². The molecule has 0 radical (unpaired) electrons. The van der Waals surface area contributed by atoms with Gasteiger partial charge in [0, 0.05) is 17.8 Å². The smallest absolute Gasteiger partial charge is 0.221 e. The number of nitrogen functional groups attached to an aromatic ring is 1. The highest BCUT2D eigenvalue weighted by Crippen LogP contribution is 2.28. The summed E-state index contributed by atoms with van der Waals surface area (Å²) in [6.45, 7) is 2.89. The predicted molar refractivity (Wildman–Crippen MR) is 83.7 cm³/mol. The molecule has 0 amide bonds. The van der Waals surface area contributed by atoms with Crippen LogP contribution in [-0.2, 0) is 0 Å². The lowest BCUT2D eigenvalue weighted by molar-refractivity contribution is 0.313. The SMILES string of the molecule is CCCCOc1cccc2c1ccn2-c1ccnc(N)n1. The van der Waals surface area contributed by atoms with E-state index >= 15 is 0 Å². The summed E-state index contributed by atoms with van der Waals surface area (Å²) >= 11 is 0. The van der Waals surface area contributed by atoms with Crippen LogP contribution in [-0.4, -0.2) is 21.1 Å². The number of aromatic nitrogens is 3. The number of anilines is 1. The van der Waals surface area contributed by atoms with Gasteiger partial charge in [-0.1, -0.05) is 19.4 Å². The van der Waals surface area contributed by atoms with Crippen LogP contribution < -0.4 is 10.5 Å². The van der Waals surface area contributed by atoms with Crippen LogP contribution in [0.25, 0.3) is 16.7 Å². The summed E-state index contributed by atoms with van der Waals surface area (Å²) in [7, 11) is 0. The number of hydrogen-bond donors (Lipinski definition) is 1. The molecule has 0 spiro atoms. The van der Waals surface area contributed by atoms with Gasteiger partial charge in [0.2, 0.25) is 5.95 Å². The van der Waals surface area contributed by atoms with E-state index in [0.717, 1.165) is 41.9 Å². The highest BCUT2D eigenvalue weighted by Gasteiger charge is 2.08. The van der Waals surface area contributed by atoms with Crippen molar-refractivity contribution in [3.8, 4) is 11.6 Å². The van der Waals surface area contributed by atoms with Gasteiger partial charge in [-0.3, -0.25) is 0 Å². The summed E-state index contributed by atoms with van der Waals surface area (Å²) in [6.07, 6.45) is 5.81. The molecule has 0 fully saturated rings. The molecule has 2 heterocycles. The van der Waals surface area contributed by atoms with Crippen molar-refractivity contribution in [3.05, 3.63) is 42.7 Å². The van der Waals surface area contributed by atoms with E-state index in [9.17, 15) is 0 Å². The zero-order valence-corrected chi connectivity index (χ0v) is 12.0. The van der Waals surface area contributed by atoms with Crippen LogP contribution in [0.4, 0.5) is 5.95 Å². The van der Waals surface area contributed by atoms with Crippen molar-refractivity contribution in [1.29, 1.82) is 0 Å². The third-order valence-corrected chi connectivity index (χ3v) is 3.35. The molecule has 5 nitrogen and oxygen atoms in total. The fraction of sp³-hybridized carbons (Fsp3) is 0.250. The van der Waals surface area contributed by atoms with E-state index in [4.69, 9.17) is 10.5 Å². The van der Waals surface area contributed by atoms with Gasteiger partial charge < -0.3 is 15.0 Å². The quantitative estimate of drug-likeness (QED) is 0.730. The minimum absolute atomic E-state index is 0.268. The Labute approximate surface area is 123 Å². The molecule has 0 aliphatic carbocycles. The van der Waals surface area contributed by atoms with Crippen LogP contribution in [0.3, 0.4) is 0 Å². The van der Waals surface area contributed by atoms with Gasteiger partial charge >= 0.3 is 0 Å². The number of nitrogens with two attached hydrogens (primary N) is 1. The molecule has 3 rings (SSSR count). The van der Waals surface area contributed by atoms with E-state index in [1.54, 1.807) is 6.20 Å². The molecule has 0 saturated carbocycles. The van der Waals surface area contributed by atoms with Crippen LogP contribution >= 0.6 is 0 Å². The monoisotopic (exact) mass is 282 g/mol. The molecule has 0 bridgehead atoms. The van der Waals surface area contributed by atoms with Crippen LogP contribution in [0, 0.1) is 0 Å². The second kappa shape index (κ2) is 5.83. The van der Waals surface area contributed by atoms with E-state index in [0.29, 0.717) is 0 Å². The standard InChI is InChI=1S/C16H18N4O/c1-2-3-11-21-14-6-4-5-13-12(14)8-10-20(13)15-7-9-18-16(17)19-15/h4-10H,2-3,11H2,1H3,(H2,17,18,19). The van der Waals surface area contributed by atoms with Crippen LogP contribution in [0.5, 0.6) is 5.75 Å². The fourth-order valence-corrected chi connectivity index (χ4v) is 2.29. The number of benzene rings is 1. The highest BCUT2D eigenvalue weighted by molar-refractivity contribution is 5.87. The molecule has 3 aromatic rings. The summed E-state index contributed by atoms with van der Waals surface area (Å²) in [5.74, 6) is 1.93. The maximum absolute atomic E-state index is 5.86. The maximum Gasteiger partial charge on any atom is 0.221 e. The average Bonchev–Trinajstić information content (AvgIpc) is 2.92. The molecule has 2 N–H and O–H groups in total. The Hall–Kier alpha value is -2.56. The third kappa shape index (κ3) is 2.67. The Balaban J connectivity index is 2.01. The lowest BCUT2D eigenvalue weighted by Crippen LogP contribution is -2.01. The van der Waals surface area contributed by atoms with E-state index in [1.807, 2.05) is 41.1 Å². The minimum Gasteiger partial charge on any atom is -0.493 e. The van der Waals surface area contributed by atoms with Gasteiger partial charge in [0.15, 0.2) is 0 Å². The minimum atomic E-state index is 0.268. The van der Waals surface area contributed by atoms with Crippen molar-refractivity contribution in [2.24, 2.45) is 0 Å². The van der Waals surface area contributed by atoms with Gasteiger partial charge in [-0.15, -0.1) is 0 Å². The second-order valence-electron chi connectivity index (χ2n) is 4.85. The second-order valence-corrected chi connectivity index (χ2v) is 4.85. The Morgan fingerprint density at radius 1 is 1.24 bits per heavy atom. The molecule has 2 aromatic heterocycles. The molecule has 108 valence electrons. The summed E-state index contributed by atoms with van der Waals surface area (Å²) in [5, 5.41) is 1.07. The number of ether oxygens (including phenoxy) is 1. The van der Waals surface area contributed by atoms with E-state index < -0.39 is 0 Å². The first kappa shape index (κ1) is 13.4. The summed E-state index contributed by atoms with van der Waals surface area (Å²) in [4.78, 5) is 8.19. The summed E-state index contributed by atoms with van der Waals surface area (Å²) in [5.41, 5.74) is 6.70. The van der Waals surface area contributed by atoms with Crippen LogP contribution in [0.2, 0.25) is 0 Å². The molecule has 21 heavy (non-hydrogen) atoms. The first-order chi connectivity index (χ1) is 10.3. The molecule has 5 heteroatoms. The molecule has 0 aliphatic heterocycles. The third-order valence-electron chi connectivity index (χ3n) is 3.35. The van der Waals surface area contributed by atoms with Crippen molar-refractivity contribution in [2.45, 2.75) is 19.8 Å². The Kier molecular flexibility index (Phi) is 3.73. The molecular formula is C16H18N4O. The number of unbranched alkanes of at least 4 members (excludes halogenated alkanes) is 1. The van der Waals surface area contributed by atoms with E-state index in [-0.39, 0.29) is 5.95 Å². The summed E-state index contributed by atoms with van der Waals surface area (Å²) < 4.78 is 7.85. The van der Waals surface area contributed by atoms with Crippen molar-refractivity contribution in [1.82, 2.24) is 14.5 Å². The molecule has 0 atom stereocenters. The highest BCUT2D eigenvalue weighted by atomic mass is 16.5. The Bertz CT molecular complexity index is 751. The van der Waals surface area contributed by atoms with Gasteiger partial charge in [-0.25, -0.2) is 4.98 Å². The van der Waals surface area contributed by atoms with Gasteiger partial charge in [-0.05, 0) is 30.7 Å². The normalized spacial score (nSPS) is 10.9. The van der Waals surface area contributed by atoms with Crippen LogP contribution in [0.1, 0.15) is 19.8 Å². The van der Waals surface area contributed by atoms with Crippen LogP contribution in [0.15, 0.2) is 42.7 Å². The Morgan fingerprint density at radius 2 is 2.14 bits per heavy atom. The first-order valence-corrected chi connectivity index (χ1v) is 7.11. The lowest BCUT2D eigenvalue weighted by atomic mass is 10.2. The van der Waals surface area contributed by atoms with Crippen molar-refractivity contribution in [3.63, 3.8) is 0 Å². The molecular weight excluding hydrogens is 264 g/mol. The molecule has 0 unspecified atom stereocenters. The average molecular weight is 282 g/mol. The fourth-order valence-electron chi connectivity index (χ4n) is 2.29. The topological polar surface area (TPSA) is 66.0 Å². The molecule has 0 aliphatic rings. The maximum atomic E-state index is 5.86. The van der Waals surface area contributed by atoms with Gasteiger partial charge in [-0.2, -0.15) is 4.98 Å². The van der Waals surface area contributed by atoms with E-state index in [2.05, 4.69) is 16.9 Å². The zero-order valence-electron chi connectivity index (χ0n) is 12.0. The predicted octanol–water partition coefficient (Wildman–Crippen LogP) is 3.18. The molecule has 1 aromatic carbocycles. The lowest BCUT2D eigenvalue weighted by Gasteiger charge is -2.08. The zero-order chi connectivity index (χ0) is 14.7. The van der Waals surface area contributed by atoms with Gasteiger partial charge in [0.25, 0.3) is 0 Å². The van der Waals surface area contributed by atoms with Crippen molar-refractivity contribution < 1.29 is 4.74 Å². The van der Waals surface area contributed by atoms with Crippen molar-refractivity contribution in [2.75, 3.05) is 12.3 Å². The number of hydrogen-bond acceptors (Lipinski definition) is 4. The summed E-state index contributed by atoms with van der Waals surface area (Å²) in [6, 6.07) is 9.90. The number of nitrogens with zero attached hydrogens (tertiary/aromatic N) is 3. The number of fused-ring (bicyclic) bond motifs is 1. The largest absolute Gasteiger partial charge is 0.493 e. The van der Waals surface area contributed by atoms with Crippen molar-refractivity contribution >= 4 is 16.9 Å².